The molecule has 2 heterocycles. The Balaban J connectivity index is 2.55. The highest BCUT2D eigenvalue weighted by Gasteiger charge is 2.25. The number of aromatic nitrogens is 4. The van der Waals surface area contributed by atoms with Crippen LogP contribution in [0.2, 0.25) is 0 Å². The molecule has 1 unspecified atom stereocenters. The van der Waals surface area contributed by atoms with Crippen LogP contribution in [-0.2, 0) is 11.3 Å². The van der Waals surface area contributed by atoms with E-state index in [1.807, 2.05) is 20.8 Å². The fraction of sp³-hybridized carbons (Fsp3) is 0.538. The molecule has 0 fully saturated rings. The molecule has 0 aromatic carbocycles. The van der Waals surface area contributed by atoms with Gasteiger partial charge in [-0.2, -0.15) is 0 Å². The van der Waals surface area contributed by atoms with Gasteiger partial charge in [-0.05, 0) is 20.3 Å². The first-order valence-electron chi connectivity index (χ1n) is 6.62. The monoisotopic (exact) mass is 310 g/mol. The number of rotatable bonds is 5. The lowest BCUT2D eigenvalue weighted by atomic mass is 10.2. The van der Waals surface area contributed by atoms with Crippen molar-refractivity contribution in [3.63, 3.8) is 0 Å². The van der Waals surface area contributed by atoms with Crippen molar-refractivity contribution < 1.29 is 14.6 Å². The van der Waals surface area contributed by atoms with Crippen molar-refractivity contribution in [3.05, 3.63) is 16.4 Å². The molecule has 2 aromatic heterocycles. The van der Waals surface area contributed by atoms with Gasteiger partial charge in [0.25, 0.3) is 0 Å². The molecule has 0 saturated heterocycles. The summed E-state index contributed by atoms with van der Waals surface area (Å²) in [5.41, 5.74) is 1.50. The van der Waals surface area contributed by atoms with E-state index in [1.54, 1.807) is 4.68 Å². The summed E-state index contributed by atoms with van der Waals surface area (Å²) in [6.45, 7) is 5.91. The third-order valence-electron chi connectivity index (χ3n) is 3.09. The Hall–Kier alpha value is -1.80. The van der Waals surface area contributed by atoms with E-state index in [0.717, 1.165) is 15.6 Å². The summed E-state index contributed by atoms with van der Waals surface area (Å²) in [4.78, 5) is 17.1. The number of hydrogen-bond donors (Lipinski definition) is 1. The number of carbonyl (C=O) groups is 1. The van der Waals surface area contributed by atoms with E-state index in [4.69, 9.17) is 4.74 Å². The van der Waals surface area contributed by atoms with Gasteiger partial charge in [0.2, 0.25) is 0 Å². The molecular weight excluding hydrogens is 292 g/mol. The van der Waals surface area contributed by atoms with Crippen LogP contribution in [0.5, 0.6) is 0 Å². The Bertz CT molecular complexity index is 650. The van der Waals surface area contributed by atoms with Crippen LogP contribution < -0.4 is 0 Å². The summed E-state index contributed by atoms with van der Waals surface area (Å²) in [5, 5.41) is 18.6. The van der Waals surface area contributed by atoms with Crippen LogP contribution in [0.25, 0.3) is 10.6 Å². The van der Waals surface area contributed by atoms with Crippen molar-refractivity contribution in [3.8, 4) is 10.6 Å². The molecule has 1 atom stereocenters. The van der Waals surface area contributed by atoms with Gasteiger partial charge in [-0.15, -0.1) is 16.4 Å². The molecule has 21 heavy (non-hydrogen) atoms. The standard InChI is InChI=1S/C13H18N4O3S/c1-5-9(18)6-17-11(10(15-16-17)13(19)20-4)12-7(2)14-8(3)21-12/h9,18H,5-6H2,1-4H3. The van der Waals surface area contributed by atoms with Crippen LogP contribution in [0, 0.1) is 13.8 Å². The summed E-state index contributed by atoms with van der Waals surface area (Å²) < 4.78 is 6.30. The van der Waals surface area contributed by atoms with Crippen molar-refractivity contribution in [2.24, 2.45) is 0 Å². The lowest BCUT2D eigenvalue weighted by molar-refractivity contribution is 0.0594. The molecule has 8 heteroatoms. The number of methoxy groups -OCH3 is 1. The lowest BCUT2D eigenvalue weighted by Gasteiger charge is -2.10. The smallest absolute Gasteiger partial charge is 0.360 e. The Morgan fingerprint density at radius 3 is 2.71 bits per heavy atom. The summed E-state index contributed by atoms with van der Waals surface area (Å²) >= 11 is 1.46. The van der Waals surface area contributed by atoms with Crippen LogP contribution in [-0.4, -0.2) is 44.3 Å². The maximum atomic E-state index is 11.9. The lowest BCUT2D eigenvalue weighted by Crippen LogP contribution is -2.17. The van der Waals surface area contributed by atoms with Crippen molar-refractivity contribution in [1.29, 1.82) is 0 Å². The fourth-order valence-corrected chi connectivity index (χ4v) is 2.95. The van der Waals surface area contributed by atoms with Gasteiger partial charge in [0.15, 0.2) is 5.69 Å². The molecule has 0 aliphatic carbocycles. The highest BCUT2D eigenvalue weighted by molar-refractivity contribution is 7.15. The van der Waals surface area contributed by atoms with Gasteiger partial charge >= 0.3 is 5.97 Å². The molecule has 7 nitrogen and oxygen atoms in total. The van der Waals surface area contributed by atoms with Gasteiger partial charge in [-0.3, -0.25) is 0 Å². The SMILES string of the molecule is CCC(O)Cn1nnc(C(=O)OC)c1-c1sc(C)nc1C. The third-order valence-corrected chi connectivity index (χ3v) is 4.17. The predicted octanol–water partition coefficient (Wildman–Crippen LogP) is 1.58. The normalized spacial score (nSPS) is 12.4. The quantitative estimate of drug-likeness (QED) is 0.843. The second-order valence-electron chi connectivity index (χ2n) is 4.67. The number of aryl methyl sites for hydroxylation is 2. The molecule has 0 amide bonds. The van der Waals surface area contributed by atoms with Crippen LogP contribution >= 0.6 is 11.3 Å². The number of aliphatic hydroxyl groups is 1. The van der Waals surface area contributed by atoms with Crippen LogP contribution in [0.15, 0.2) is 0 Å². The summed E-state index contributed by atoms with van der Waals surface area (Å²) in [6.07, 6.45) is 0.0402. The number of thiazole rings is 1. The van der Waals surface area contributed by atoms with E-state index in [0.29, 0.717) is 12.1 Å². The molecule has 0 radical (unpaired) electrons. The average molecular weight is 310 g/mol. The Morgan fingerprint density at radius 1 is 1.48 bits per heavy atom. The first kappa shape index (κ1) is 15.6. The number of esters is 1. The van der Waals surface area contributed by atoms with Crippen LogP contribution in [0.3, 0.4) is 0 Å². The number of carbonyl (C=O) groups excluding carboxylic acids is 1. The van der Waals surface area contributed by atoms with Gasteiger partial charge < -0.3 is 9.84 Å². The average Bonchev–Trinajstić information content (AvgIpc) is 3.00. The molecule has 0 bridgehead atoms. The predicted molar refractivity (Wildman–Crippen MR) is 78.2 cm³/mol. The molecule has 1 N–H and O–H groups in total. The van der Waals surface area contributed by atoms with Crippen molar-refractivity contribution in [2.45, 2.75) is 39.8 Å². The molecule has 114 valence electrons. The largest absolute Gasteiger partial charge is 0.464 e. The van der Waals surface area contributed by atoms with E-state index < -0.39 is 12.1 Å². The van der Waals surface area contributed by atoms with E-state index in [9.17, 15) is 9.90 Å². The molecule has 0 spiro atoms. The van der Waals surface area contributed by atoms with E-state index in [-0.39, 0.29) is 12.2 Å². The minimum atomic E-state index is -0.551. The molecule has 0 aliphatic rings. The summed E-state index contributed by atoms with van der Waals surface area (Å²) in [7, 11) is 1.30. The minimum absolute atomic E-state index is 0.146. The van der Waals surface area contributed by atoms with E-state index in [1.165, 1.54) is 18.4 Å². The Labute approximate surface area is 126 Å². The zero-order valence-electron chi connectivity index (χ0n) is 12.5. The van der Waals surface area contributed by atoms with Crippen LogP contribution in [0.1, 0.15) is 34.5 Å². The second kappa shape index (κ2) is 6.31. The van der Waals surface area contributed by atoms with Gasteiger partial charge in [-0.25, -0.2) is 14.5 Å². The Morgan fingerprint density at radius 2 is 2.19 bits per heavy atom. The molecule has 0 aliphatic heterocycles. The topological polar surface area (TPSA) is 90.1 Å². The number of hydrogen-bond acceptors (Lipinski definition) is 7. The van der Waals surface area contributed by atoms with Gasteiger partial charge in [0, 0.05) is 0 Å². The first-order valence-corrected chi connectivity index (χ1v) is 7.43. The first-order chi connectivity index (χ1) is 9.97. The molecule has 2 aromatic rings. The van der Waals surface area contributed by atoms with E-state index in [2.05, 4.69) is 15.3 Å². The van der Waals surface area contributed by atoms with E-state index >= 15 is 0 Å². The zero-order valence-corrected chi connectivity index (χ0v) is 13.3. The number of aliphatic hydroxyl groups excluding tert-OH is 1. The molecule has 2 rings (SSSR count). The number of nitrogens with zero attached hydrogens (tertiary/aromatic N) is 4. The maximum Gasteiger partial charge on any atom is 0.360 e. The fourth-order valence-electron chi connectivity index (χ4n) is 1.98. The molecule has 0 saturated carbocycles. The highest BCUT2D eigenvalue weighted by atomic mass is 32.1. The highest BCUT2D eigenvalue weighted by Crippen LogP contribution is 2.32. The van der Waals surface area contributed by atoms with Gasteiger partial charge in [0.1, 0.15) is 5.69 Å². The number of ether oxygens (including phenoxy) is 1. The zero-order chi connectivity index (χ0) is 15.6. The van der Waals surface area contributed by atoms with Crippen LogP contribution in [0.4, 0.5) is 0 Å². The third kappa shape index (κ3) is 3.11. The van der Waals surface area contributed by atoms with Gasteiger partial charge in [0.05, 0.1) is 35.3 Å². The molecular formula is C13H18N4O3S. The maximum absolute atomic E-state index is 11.9. The summed E-state index contributed by atoms with van der Waals surface area (Å²) in [6, 6.07) is 0. The van der Waals surface area contributed by atoms with Crippen molar-refractivity contribution >= 4 is 17.3 Å². The second-order valence-corrected chi connectivity index (χ2v) is 5.87. The minimum Gasteiger partial charge on any atom is -0.464 e. The van der Waals surface area contributed by atoms with Crippen molar-refractivity contribution in [1.82, 2.24) is 20.0 Å². The summed E-state index contributed by atoms with van der Waals surface area (Å²) in [5.74, 6) is -0.548. The van der Waals surface area contributed by atoms with Gasteiger partial charge in [-0.1, -0.05) is 12.1 Å². The van der Waals surface area contributed by atoms with Crippen molar-refractivity contribution in [2.75, 3.05) is 7.11 Å². The Kier molecular flexibility index (Phi) is 4.69.